The third-order valence-corrected chi connectivity index (χ3v) is 4.49. The number of benzene rings is 1. The Kier molecular flexibility index (Phi) is 8.32. The quantitative estimate of drug-likeness (QED) is 0.259. The SMILES string of the molecule is CCCSC(=NC#N)SC=CC(=O)c1ccc(OC)cc1. The van der Waals surface area contributed by atoms with E-state index in [0.717, 1.165) is 12.2 Å². The van der Waals surface area contributed by atoms with E-state index < -0.39 is 0 Å². The van der Waals surface area contributed by atoms with Gasteiger partial charge in [0.15, 0.2) is 5.78 Å². The van der Waals surface area contributed by atoms with Gasteiger partial charge >= 0.3 is 0 Å². The molecule has 0 saturated carbocycles. The van der Waals surface area contributed by atoms with Crippen LogP contribution in [0.25, 0.3) is 0 Å². The van der Waals surface area contributed by atoms with Crippen LogP contribution in [0.2, 0.25) is 0 Å². The molecule has 0 bridgehead atoms. The van der Waals surface area contributed by atoms with E-state index in [-0.39, 0.29) is 5.78 Å². The van der Waals surface area contributed by atoms with Gasteiger partial charge in [0.25, 0.3) is 0 Å². The van der Waals surface area contributed by atoms with Crippen molar-refractivity contribution in [3.8, 4) is 11.9 Å². The summed E-state index contributed by atoms with van der Waals surface area (Å²) >= 11 is 2.79. The van der Waals surface area contributed by atoms with Crippen LogP contribution in [0.1, 0.15) is 23.7 Å². The molecular weight excluding hydrogens is 304 g/mol. The summed E-state index contributed by atoms with van der Waals surface area (Å²) in [6.07, 6.45) is 4.25. The highest BCUT2D eigenvalue weighted by atomic mass is 32.2. The smallest absolute Gasteiger partial charge is 0.207 e. The zero-order valence-corrected chi connectivity index (χ0v) is 13.5. The third-order valence-electron chi connectivity index (χ3n) is 2.33. The molecule has 0 aliphatic rings. The largest absolute Gasteiger partial charge is 0.497 e. The Balaban J connectivity index is 2.60. The molecule has 0 radical (unpaired) electrons. The fourth-order valence-electron chi connectivity index (χ4n) is 1.33. The Morgan fingerprint density at radius 3 is 2.71 bits per heavy atom. The number of aliphatic imine (C=N–C) groups is 1. The number of hydrogen-bond acceptors (Lipinski definition) is 6. The monoisotopic (exact) mass is 320 g/mol. The average molecular weight is 320 g/mol. The lowest BCUT2D eigenvalue weighted by Gasteiger charge is -2.00. The normalized spacial score (nSPS) is 11.4. The van der Waals surface area contributed by atoms with Gasteiger partial charge < -0.3 is 4.74 Å². The number of ether oxygens (including phenoxy) is 1. The van der Waals surface area contributed by atoms with Gasteiger partial charge in [0.2, 0.25) is 6.19 Å². The van der Waals surface area contributed by atoms with Gasteiger partial charge in [-0.2, -0.15) is 10.3 Å². The summed E-state index contributed by atoms with van der Waals surface area (Å²) in [5.41, 5.74) is 0.590. The molecule has 0 saturated heterocycles. The summed E-state index contributed by atoms with van der Waals surface area (Å²) in [7, 11) is 1.58. The number of carbonyl (C=O) groups is 1. The van der Waals surface area contributed by atoms with E-state index in [1.807, 2.05) is 0 Å². The van der Waals surface area contributed by atoms with E-state index in [0.29, 0.717) is 15.7 Å². The molecule has 1 rings (SSSR count). The van der Waals surface area contributed by atoms with Crippen LogP contribution in [-0.2, 0) is 0 Å². The van der Waals surface area contributed by atoms with E-state index in [1.165, 1.54) is 29.6 Å². The van der Waals surface area contributed by atoms with Crippen molar-refractivity contribution in [1.82, 2.24) is 0 Å². The Hall–Kier alpha value is -1.71. The number of nitrogens with zero attached hydrogens (tertiary/aromatic N) is 2. The molecule has 0 unspecified atom stereocenters. The summed E-state index contributed by atoms with van der Waals surface area (Å²) in [6, 6.07) is 6.92. The molecule has 110 valence electrons. The van der Waals surface area contributed by atoms with Gasteiger partial charge in [-0.3, -0.25) is 4.79 Å². The molecule has 1 aromatic rings. The number of ketones is 1. The molecule has 0 spiro atoms. The average Bonchev–Trinajstić information content (AvgIpc) is 2.52. The number of carbonyl (C=O) groups excluding carboxylic acids is 1. The van der Waals surface area contributed by atoms with Crippen LogP contribution in [0, 0.1) is 11.5 Å². The maximum atomic E-state index is 11.9. The van der Waals surface area contributed by atoms with Crippen molar-refractivity contribution in [3.63, 3.8) is 0 Å². The zero-order chi connectivity index (χ0) is 15.5. The first-order valence-electron chi connectivity index (χ1n) is 6.32. The number of rotatable bonds is 6. The van der Waals surface area contributed by atoms with E-state index in [2.05, 4.69) is 11.9 Å². The maximum absolute atomic E-state index is 11.9. The van der Waals surface area contributed by atoms with Gasteiger partial charge in [-0.15, -0.1) is 0 Å². The molecule has 0 aromatic heterocycles. The van der Waals surface area contributed by atoms with Gasteiger partial charge in [-0.1, -0.05) is 30.4 Å². The molecule has 4 nitrogen and oxygen atoms in total. The second-order valence-corrected chi connectivity index (χ2v) is 6.08. The molecule has 0 heterocycles. The summed E-state index contributed by atoms with van der Waals surface area (Å²) in [4.78, 5) is 15.7. The van der Waals surface area contributed by atoms with Crippen LogP contribution >= 0.6 is 23.5 Å². The van der Waals surface area contributed by atoms with Crippen LogP contribution in [0.4, 0.5) is 0 Å². The van der Waals surface area contributed by atoms with Crippen molar-refractivity contribution in [1.29, 1.82) is 5.26 Å². The van der Waals surface area contributed by atoms with Crippen LogP contribution in [-0.4, -0.2) is 23.0 Å². The summed E-state index contributed by atoms with van der Waals surface area (Å²) in [6.45, 7) is 2.06. The Morgan fingerprint density at radius 2 is 2.14 bits per heavy atom. The predicted octanol–water partition coefficient (Wildman–Crippen LogP) is 4.11. The molecule has 6 heteroatoms. The van der Waals surface area contributed by atoms with Crippen molar-refractivity contribution in [2.24, 2.45) is 4.99 Å². The third kappa shape index (κ3) is 6.52. The number of hydrogen-bond donors (Lipinski definition) is 0. The van der Waals surface area contributed by atoms with Crippen LogP contribution in [0.5, 0.6) is 5.75 Å². The predicted molar refractivity (Wildman–Crippen MR) is 89.9 cm³/mol. The molecule has 21 heavy (non-hydrogen) atoms. The topological polar surface area (TPSA) is 62.5 Å². The van der Waals surface area contributed by atoms with Gasteiger partial charge in [0, 0.05) is 5.56 Å². The first-order valence-corrected chi connectivity index (χ1v) is 8.19. The van der Waals surface area contributed by atoms with Crippen molar-refractivity contribution in [3.05, 3.63) is 41.3 Å². The van der Waals surface area contributed by atoms with Crippen LogP contribution in [0.15, 0.2) is 40.7 Å². The first kappa shape index (κ1) is 17.3. The summed E-state index contributed by atoms with van der Waals surface area (Å²) in [5.74, 6) is 1.51. The van der Waals surface area contributed by atoms with Crippen molar-refractivity contribution >= 4 is 33.7 Å². The molecular formula is C15H16N2O2S2. The highest BCUT2D eigenvalue weighted by Gasteiger charge is 2.03. The van der Waals surface area contributed by atoms with Crippen molar-refractivity contribution in [2.45, 2.75) is 13.3 Å². The number of thioether (sulfide) groups is 2. The molecule has 0 amide bonds. The fraction of sp³-hybridized carbons (Fsp3) is 0.267. The Labute approximate surface area is 133 Å². The molecule has 0 N–H and O–H groups in total. The number of nitriles is 1. The second kappa shape index (κ2) is 10.1. The molecule has 0 atom stereocenters. The lowest BCUT2D eigenvalue weighted by molar-refractivity contribution is 0.104. The first-order chi connectivity index (χ1) is 10.2. The highest BCUT2D eigenvalue weighted by molar-refractivity contribution is 8.40. The second-order valence-electron chi connectivity index (χ2n) is 3.84. The molecule has 0 aliphatic heterocycles. The summed E-state index contributed by atoms with van der Waals surface area (Å²) in [5, 5.41) is 10.3. The van der Waals surface area contributed by atoms with E-state index in [9.17, 15) is 4.79 Å². The molecule has 0 fully saturated rings. The molecule has 0 aliphatic carbocycles. The van der Waals surface area contributed by atoms with Gasteiger partial charge in [-0.25, -0.2) is 0 Å². The van der Waals surface area contributed by atoms with E-state index >= 15 is 0 Å². The fourth-order valence-corrected chi connectivity index (χ4v) is 2.90. The molecule has 1 aromatic carbocycles. The van der Waals surface area contributed by atoms with Gasteiger partial charge in [0.05, 0.1) is 7.11 Å². The van der Waals surface area contributed by atoms with Crippen molar-refractivity contribution < 1.29 is 9.53 Å². The van der Waals surface area contributed by atoms with E-state index in [1.54, 1.807) is 43.0 Å². The lowest BCUT2D eigenvalue weighted by atomic mass is 10.1. The number of allylic oxidation sites excluding steroid dienone is 1. The van der Waals surface area contributed by atoms with Crippen LogP contribution in [0.3, 0.4) is 0 Å². The van der Waals surface area contributed by atoms with Crippen LogP contribution < -0.4 is 4.74 Å². The Morgan fingerprint density at radius 1 is 1.43 bits per heavy atom. The van der Waals surface area contributed by atoms with Gasteiger partial charge in [-0.05, 0) is 47.9 Å². The number of methoxy groups -OCH3 is 1. The minimum Gasteiger partial charge on any atom is -0.497 e. The maximum Gasteiger partial charge on any atom is 0.207 e. The highest BCUT2D eigenvalue weighted by Crippen LogP contribution is 2.19. The Bertz CT molecular complexity index is 560. The summed E-state index contributed by atoms with van der Waals surface area (Å²) < 4.78 is 5.69. The lowest BCUT2D eigenvalue weighted by Crippen LogP contribution is -1.94. The van der Waals surface area contributed by atoms with Gasteiger partial charge in [0.1, 0.15) is 10.1 Å². The minimum atomic E-state index is -0.0954. The van der Waals surface area contributed by atoms with E-state index in [4.69, 9.17) is 10.00 Å². The minimum absolute atomic E-state index is 0.0954. The standard InChI is InChI=1S/C15H16N2O2S2/c1-3-9-20-15(17-11-16)21-10-8-14(18)12-4-6-13(19-2)7-5-12/h4-8,10H,3,9H2,1-2H3. The zero-order valence-electron chi connectivity index (χ0n) is 11.9. The van der Waals surface area contributed by atoms with Crippen molar-refractivity contribution in [2.75, 3.05) is 12.9 Å².